The van der Waals surface area contributed by atoms with Crippen molar-refractivity contribution in [2.24, 2.45) is 0 Å². The fourth-order valence-corrected chi connectivity index (χ4v) is 4.59. The number of rotatable bonds is 10. The lowest BCUT2D eigenvalue weighted by molar-refractivity contribution is -0.113. The summed E-state index contributed by atoms with van der Waals surface area (Å²) in [5.41, 5.74) is 2.13. The van der Waals surface area contributed by atoms with Gasteiger partial charge in [0.15, 0.2) is 5.16 Å². The van der Waals surface area contributed by atoms with Crippen LogP contribution in [0.15, 0.2) is 52.5 Å². The number of amides is 1. The Kier molecular flexibility index (Phi) is 7.89. The summed E-state index contributed by atoms with van der Waals surface area (Å²) in [6.07, 6.45) is 1.67. The molecule has 0 fully saturated rings. The molecular weight excluding hydrogens is 452 g/mol. The van der Waals surface area contributed by atoms with Crippen molar-refractivity contribution in [2.45, 2.75) is 29.8 Å². The van der Waals surface area contributed by atoms with Crippen LogP contribution in [0, 0.1) is 0 Å². The molecule has 0 aliphatic carbocycles. The molecule has 0 atom stereocenters. The second-order valence-electron chi connectivity index (χ2n) is 6.88. The summed E-state index contributed by atoms with van der Waals surface area (Å²) < 4.78 is 32.0. The van der Waals surface area contributed by atoms with Crippen LogP contribution in [0.1, 0.15) is 30.1 Å². The summed E-state index contributed by atoms with van der Waals surface area (Å²) in [5, 5.41) is 3.25. The predicted molar refractivity (Wildman–Crippen MR) is 123 cm³/mol. The van der Waals surface area contributed by atoms with E-state index in [1.165, 1.54) is 31.0 Å². The van der Waals surface area contributed by atoms with Gasteiger partial charge in [-0.2, -0.15) is 0 Å². The standard InChI is InChI=1S/C21H24N4O5S2/c1-3-4-11-22-32(28,29)16-9-10-17-18(12-16)25-21(24-17)31-13-19(26)23-15-7-5-14(6-8-15)20(27)30-2/h5-10,12,22H,3-4,11,13H2,1-2H3,(H,23,26)(H,24,25). The summed E-state index contributed by atoms with van der Waals surface area (Å²) >= 11 is 1.20. The van der Waals surface area contributed by atoms with Crippen molar-refractivity contribution in [3.63, 3.8) is 0 Å². The number of aromatic nitrogens is 2. The first kappa shape index (κ1) is 23.8. The van der Waals surface area contributed by atoms with Gasteiger partial charge in [0.1, 0.15) is 0 Å². The van der Waals surface area contributed by atoms with Crippen molar-refractivity contribution in [3.8, 4) is 0 Å². The highest BCUT2D eigenvalue weighted by molar-refractivity contribution is 7.99. The Balaban J connectivity index is 1.60. The number of hydrogen-bond donors (Lipinski definition) is 3. The van der Waals surface area contributed by atoms with Crippen LogP contribution in [0.5, 0.6) is 0 Å². The van der Waals surface area contributed by atoms with Gasteiger partial charge in [0.2, 0.25) is 15.9 Å². The van der Waals surface area contributed by atoms with Gasteiger partial charge in [-0.25, -0.2) is 22.9 Å². The molecule has 9 nitrogen and oxygen atoms in total. The zero-order valence-corrected chi connectivity index (χ0v) is 19.3. The smallest absolute Gasteiger partial charge is 0.337 e. The van der Waals surface area contributed by atoms with Gasteiger partial charge in [0, 0.05) is 12.2 Å². The average molecular weight is 477 g/mol. The largest absolute Gasteiger partial charge is 0.465 e. The van der Waals surface area contributed by atoms with E-state index in [0.717, 1.165) is 12.8 Å². The van der Waals surface area contributed by atoms with E-state index in [2.05, 4.69) is 24.7 Å². The van der Waals surface area contributed by atoms with Crippen LogP contribution in [0.3, 0.4) is 0 Å². The number of ether oxygens (including phenoxy) is 1. The number of nitrogens with one attached hydrogen (secondary N) is 3. The van der Waals surface area contributed by atoms with E-state index < -0.39 is 16.0 Å². The predicted octanol–water partition coefficient (Wildman–Crippen LogP) is 3.16. The van der Waals surface area contributed by atoms with Gasteiger partial charge >= 0.3 is 5.97 Å². The molecule has 0 saturated heterocycles. The Morgan fingerprint density at radius 3 is 2.59 bits per heavy atom. The molecule has 170 valence electrons. The first-order chi connectivity index (χ1) is 15.3. The highest BCUT2D eigenvalue weighted by atomic mass is 32.2. The SMILES string of the molecule is CCCCNS(=O)(=O)c1ccc2nc(SCC(=O)Nc3ccc(C(=O)OC)cc3)[nH]c2c1. The summed E-state index contributed by atoms with van der Waals surface area (Å²) in [6.45, 7) is 2.38. The second kappa shape index (κ2) is 10.6. The number of nitrogens with zero attached hydrogens (tertiary/aromatic N) is 1. The third-order valence-corrected chi connectivity index (χ3v) is 6.83. The fourth-order valence-electron chi connectivity index (χ4n) is 2.81. The monoisotopic (exact) mass is 476 g/mol. The molecule has 3 rings (SSSR count). The van der Waals surface area contributed by atoms with E-state index in [0.29, 0.717) is 34.0 Å². The van der Waals surface area contributed by atoms with E-state index >= 15 is 0 Å². The Bertz CT molecular complexity index is 1210. The van der Waals surface area contributed by atoms with Crippen molar-refractivity contribution in [1.29, 1.82) is 0 Å². The molecule has 0 aliphatic rings. The second-order valence-corrected chi connectivity index (χ2v) is 9.61. The summed E-state index contributed by atoms with van der Waals surface area (Å²) in [7, 11) is -2.28. The number of imidazole rings is 1. The normalized spacial score (nSPS) is 11.4. The number of carbonyl (C=O) groups excluding carboxylic acids is 2. The molecule has 2 aromatic carbocycles. The first-order valence-corrected chi connectivity index (χ1v) is 12.4. The number of thioether (sulfide) groups is 1. The molecular formula is C21H24N4O5S2. The maximum Gasteiger partial charge on any atom is 0.337 e. The van der Waals surface area contributed by atoms with E-state index in [1.54, 1.807) is 30.3 Å². The first-order valence-electron chi connectivity index (χ1n) is 9.93. The van der Waals surface area contributed by atoms with Gasteiger partial charge in [-0.1, -0.05) is 25.1 Å². The number of carbonyl (C=O) groups is 2. The van der Waals surface area contributed by atoms with Crippen molar-refractivity contribution in [1.82, 2.24) is 14.7 Å². The number of anilines is 1. The van der Waals surface area contributed by atoms with Crippen LogP contribution in [-0.2, 0) is 19.6 Å². The molecule has 0 bridgehead atoms. The van der Waals surface area contributed by atoms with Gasteiger partial charge in [0.25, 0.3) is 0 Å². The molecule has 3 N–H and O–H groups in total. The summed E-state index contributed by atoms with van der Waals surface area (Å²) in [4.78, 5) is 31.3. The number of aromatic amines is 1. The quantitative estimate of drug-likeness (QED) is 0.233. The number of H-pyrrole nitrogens is 1. The van der Waals surface area contributed by atoms with Crippen LogP contribution in [0.25, 0.3) is 11.0 Å². The maximum atomic E-state index is 12.4. The lowest BCUT2D eigenvalue weighted by Gasteiger charge is -2.05. The topological polar surface area (TPSA) is 130 Å². The minimum absolute atomic E-state index is 0.0995. The Hall–Kier alpha value is -2.89. The Labute approximate surface area is 190 Å². The zero-order valence-electron chi connectivity index (χ0n) is 17.7. The summed E-state index contributed by atoms with van der Waals surface area (Å²) in [5.74, 6) is -0.594. The van der Waals surface area contributed by atoms with E-state index in [4.69, 9.17) is 0 Å². The van der Waals surface area contributed by atoms with E-state index in [1.807, 2.05) is 6.92 Å². The van der Waals surface area contributed by atoms with Crippen LogP contribution >= 0.6 is 11.8 Å². The third kappa shape index (κ3) is 6.09. The van der Waals surface area contributed by atoms with Gasteiger partial charge in [-0.3, -0.25) is 4.79 Å². The van der Waals surface area contributed by atoms with Gasteiger partial charge in [-0.15, -0.1) is 0 Å². The highest BCUT2D eigenvalue weighted by Crippen LogP contribution is 2.22. The molecule has 1 amide bonds. The third-order valence-electron chi connectivity index (χ3n) is 4.49. The molecule has 0 radical (unpaired) electrons. The molecule has 1 aromatic heterocycles. The van der Waals surface area contributed by atoms with Gasteiger partial charge < -0.3 is 15.0 Å². The number of sulfonamides is 1. The van der Waals surface area contributed by atoms with E-state index in [-0.39, 0.29) is 16.6 Å². The van der Waals surface area contributed by atoms with Crippen LogP contribution in [0.4, 0.5) is 5.69 Å². The molecule has 0 aliphatic heterocycles. The zero-order chi connectivity index (χ0) is 23.1. The van der Waals surface area contributed by atoms with Crippen LogP contribution in [-0.4, -0.2) is 49.7 Å². The average Bonchev–Trinajstić information content (AvgIpc) is 3.20. The maximum absolute atomic E-state index is 12.4. The lowest BCUT2D eigenvalue weighted by atomic mass is 10.2. The molecule has 11 heteroatoms. The number of unbranched alkanes of at least 4 members (excludes halogenated alkanes) is 1. The minimum atomic E-state index is -3.58. The van der Waals surface area contributed by atoms with Crippen LogP contribution in [0.2, 0.25) is 0 Å². The van der Waals surface area contributed by atoms with Gasteiger partial charge in [0.05, 0.1) is 34.4 Å². The summed E-state index contributed by atoms with van der Waals surface area (Å²) in [6, 6.07) is 11.0. The number of fused-ring (bicyclic) bond motifs is 1. The molecule has 3 aromatic rings. The molecule has 0 saturated carbocycles. The number of esters is 1. The van der Waals surface area contributed by atoms with Crippen molar-refractivity contribution < 1.29 is 22.7 Å². The number of methoxy groups -OCH3 is 1. The van der Waals surface area contributed by atoms with Crippen LogP contribution < -0.4 is 10.0 Å². The highest BCUT2D eigenvalue weighted by Gasteiger charge is 2.15. The van der Waals surface area contributed by atoms with E-state index in [9.17, 15) is 18.0 Å². The lowest BCUT2D eigenvalue weighted by Crippen LogP contribution is -2.24. The Morgan fingerprint density at radius 2 is 1.91 bits per heavy atom. The Morgan fingerprint density at radius 1 is 1.16 bits per heavy atom. The molecule has 32 heavy (non-hydrogen) atoms. The minimum Gasteiger partial charge on any atom is -0.465 e. The number of hydrogen-bond acceptors (Lipinski definition) is 7. The molecule has 1 heterocycles. The fraction of sp³-hybridized carbons (Fsp3) is 0.286. The molecule has 0 spiro atoms. The number of benzene rings is 2. The van der Waals surface area contributed by atoms with Gasteiger partial charge in [-0.05, 0) is 48.9 Å². The molecule has 0 unspecified atom stereocenters. The van der Waals surface area contributed by atoms with Crippen molar-refractivity contribution >= 4 is 50.4 Å². The van der Waals surface area contributed by atoms with Crippen molar-refractivity contribution in [3.05, 3.63) is 48.0 Å². The van der Waals surface area contributed by atoms with Crippen molar-refractivity contribution in [2.75, 3.05) is 24.7 Å².